The predicted molar refractivity (Wildman–Crippen MR) is 118 cm³/mol. The lowest BCUT2D eigenvalue weighted by atomic mass is 9.96. The van der Waals surface area contributed by atoms with E-state index in [2.05, 4.69) is 4.98 Å². The van der Waals surface area contributed by atoms with E-state index in [-0.39, 0.29) is 29.1 Å². The van der Waals surface area contributed by atoms with Gasteiger partial charge in [0.2, 0.25) is 0 Å². The monoisotopic (exact) mass is 454 g/mol. The summed E-state index contributed by atoms with van der Waals surface area (Å²) in [7, 11) is 0. The number of rotatable bonds is 6. The van der Waals surface area contributed by atoms with Gasteiger partial charge in [0.05, 0.1) is 6.61 Å². The Morgan fingerprint density at radius 3 is 2.32 bits per heavy atom. The zero-order valence-electron chi connectivity index (χ0n) is 16.3. The second kappa shape index (κ2) is 9.44. The number of ether oxygens (including phenoxy) is 2. The molecule has 0 spiro atoms. The van der Waals surface area contributed by atoms with Gasteiger partial charge < -0.3 is 20.2 Å². The van der Waals surface area contributed by atoms with E-state index in [9.17, 15) is 15.3 Å². The predicted octanol–water partition coefficient (Wildman–Crippen LogP) is 4.65. The van der Waals surface area contributed by atoms with Crippen molar-refractivity contribution in [1.82, 2.24) is 4.98 Å². The van der Waals surface area contributed by atoms with Crippen LogP contribution in [0.3, 0.4) is 0 Å². The van der Waals surface area contributed by atoms with E-state index in [1.54, 1.807) is 43.3 Å². The number of nitrogens with one attached hydrogen (secondary N) is 1. The fourth-order valence-electron chi connectivity index (χ4n) is 3.00. The summed E-state index contributed by atoms with van der Waals surface area (Å²) in [5, 5.41) is 19.9. The van der Waals surface area contributed by atoms with Gasteiger partial charge >= 0.3 is 0 Å². The van der Waals surface area contributed by atoms with Crippen molar-refractivity contribution in [2.24, 2.45) is 0 Å². The highest BCUT2D eigenvalue weighted by Crippen LogP contribution is 2.37. The van der Waals surface area contributed by atoms with E-state index in [1.807, 2.05) is 12.1 Å². The Morgan fingerprint density at radius 1 is 1.03 bits per heavy atom. The van der Waals surface area contributed by atoms with Gasteiger partial charge in [0, 0.05) is 21.2 Å². The molecular formula is C22H16Cl2N4O3. The number of anilines is 1. The molecule has 9 heteroatoms. The van der Waals surface area contributed by atoms with Gasteiger partial charge in [0.1, 0.15) is 35.7 Å². The van der Waals surface area contributed by atoms with Crippen LogP contribution in [0.15, 0.2) is 41.2 Å². The molecule has 0 unspecified atom stereocenters. The highest BCUT2D eigenvalue weighted by atomic mass is 35.5. The van der Waals surface area contributed by atoms with Gasteiger partial charge in [-0.25, -0.2) is 0 Å². The molecule has 2 aromatic carbocycles. The molecule has 0 atom stereocenters. The molecular weight excluding hydrogens is 439 g/mol. The average molecular weight is 455 g/mol. The second-order valence-corrected chi connectivity index (χ2v) is 7.11. The number of nitriles is 2. The Labute approximate surface area is 188 Å². The molecule has 0 amide bonds. The van der Waals surface area contributed by atoms with Gasteiger partial charge in [-0.1, -0.05) is 35.3 Å². The maximum Gasteiger partial charge on any atom is 0.268 e. The van der Waals surface area contributed by atoms with E-state index >= 15 is 0 Å². The van der Waals surface area contributed by atoms with Gasteiger partial charge in [0.15, 0.2) is 11.5 Å². The number of hydrogen-bond donors (Lipinski definition) is 2. The number of pyridine rings is 1. The molecule has 0 aliphatic rings. The number of hydrogen-bond acceptors (Lipinski definition) is 6. The smallest absolute Gasteiger partial charge is 0.268 e. The lowest BCUT2D eigenvalue weighted by Crippen LogP contribution is -2.16. The Kier molecular flexibility index (Phi) is 6.71. The first-order valence-corrected chi connectivity index (χ1v) is 9.85. The van der Waals surface area contributed by atoms with Crippen LogP contribution in [-0.2, 0) is 6.61 Å². The minimum Gasteiger partial charge on any atom is -0.490 e. The van der Waals surface area contributed by atoms with E-state index in [0.717, 1.165) is 0 Å². The summed E-state index contributed by atoms with van der Waals surface area (Å²) >= 11 is 12.4. The number of halogens is 2. The van der Waals surface area contributed by atoms with Crippen molar-refractivity contribution in [3.63, 3.8) is 0 Å². The molecule has 7 nitrogen and oxygen atoms in total. The molecule has 0 saturated heterocycles. The Morgan fingerprint density at radius 2 is 1.71 bits per heavy atom. The topological polar surface area (TPSA) is 125 Å². The minimum absolute atomic E-state index is 0.00452. The van der Waals surface area contributed by atoms with Crippen LogP contribution in [0.25, 0.3) is 11.1 Å². The molecule has 1 heterocycles. The molecule has 1 aromatic heterocycles. The van der Waals surface area contributed by atoms with Crippen molar-refractivity contribution < 1.29 is 9.47 Å². The Hall–Kier alpha value is -3.65. The Balaban J connectivity index is 2.07. The van der Waals surface area contributed by atoms with E-state index in [1.165, 1.54) is 0 Å². The second-order valence-electron chi connectivity index (χ2n) is 6.30. The molecule has 3 rings (SSSR count). The highest BCUT2D eigenvalue weighted by Gasteiger charge is 2.20. The summed E-state index contributed by atoms with van der Waals surface area (Å²) < 4.78 is 11.6. The average Bonchev–Trinajstić information content (AvgIpc) is 2.74. The van der Waals surface area contributed by atoms with Crippen molar-refractivity contribution >= 4 is 29.0 Å². The normalized spacial score (nSPS) is 10.2. The van der Waals surface area contributed by atoms with E-state index in [0.29, 0.717) is 39.3 Å². The number of nitrogen functional groups attached to an aromatic ring is 1. The van der Waals surface area contributed by atoms with Crippen LogP contribution in [0.2, 0.25) is 10.0 Å². The first kappa shape index (κ1) is 22.0. The number of nitrogens with two attached hydrogens (primary N) is 1. The molecule has 3 N–H and O–H groups in total. The minimum atomic E-state index is -0.680. The van der Waals surface area contributed by atoms with Crippen molar-refractivity contribution in [1.29, 1.82) is 10.5 Å². The van der Waals surface area contributed by atoms with Crippen LogP contribution in [0.1, 0.15) is 23.6 Å². The van der Waals surface area contributed by atoms with Crippen molar-refractivity contribution in [2.75, 3.05) is 12.3 Å². The van der Waals surface area contributed by atoms with Crippen LogP contribution in [-0.4, -0.2) is 11.6 Å². The summed E-state index contributed by atoms with van der Waals surface area (Å²) in [6.07, 6.45) is 0. The van der Waals surface area contributed by atoms with Gasteiger partial charge in [-0.3, -0.25) is 4.79 Å². The zero-order chi connectivity index (χ0) is 22.5. The standard InChI is InChI=1S/C22H16Cl2N4O3/c1-2-30-19-8-12(20-13(9-25)21(27)28-22(29)14(20)10-26)6-7-18(19)31-11-15-16(23)4-3-5-17(15)24/h3-8H,2,11H2,1H3,(H3,27,28,29). The van der Waals surface area contributed by atoms with Crippen LogP contribution in [0.5, 0.6) is 11.5 Å². The highest BCUT2D eigenvalue weighted by molar-refractivity contribution is 6.35. The van der Waals surface area contributed by atoms with Crippen LogP contribution < -0.4 is 20.8 Å². The van der Waals surface area contributed by atoms with E-state index in [4.69, 9.17) is 38.4 Å². The number of nitrogens with zero attached hydrogens (tertiary/aromatic N) is 2. The first-order chi connectivity index (χ1) is 14.9. The van der Waals surface area contributed by atoms with Gasteiger partial charge in [-0.15, -0.1) is 0 Å². The van der Waals surface area contributed by atoms with Gasteiger partial charge in [-0.05, 0) is 36.8 Å². The lowest BCUT2D eigenvalue weighted by Gasteiger charge is -2.16. The SMILES string of the molecule is CCOc1cc(-c2c(C#N)c(N)[nH]c(=O)c2C#N)ccc1OCc1c(Cl)cccc1Cl. The molecule has 0 aliphatic carbocycles. The summed E-state index contributed by atoms with van der Waals surface area (Å²) in [5.41, 5.74) is 6.06. The number of benzene rings is 2. The molecule has 0 fully saturated rings. The third-order valence-corrected chi connectivity index (χ3v) is 5.14. The van der Waals surface area contributed by atoms with Crippen molar-refractivity contribution in [3.8, 4) is 34.8 Å². The zero-order valence-corrected chi connectivity index (χ0v) is 17.8. The van der Waals surface area contributed by atoms with Crippen LogP contribution in [0.4, 0.5) is 5.82 Å². The summed E-state index contributed by atoms with van der Waals surface area (Å²) in [5.74, 6) is 0.638. The van der Waals surface area contributed by atoms with E-state index < -0.39 is 5.56 Å². The Bertz CT molecular complexity index is 1270. The molecule has 0 bridgehead atoms. The van der Waals surface area contributed by atoms with Crippen LogP contribution >= 0.6 is 23.2 Å². The van der Waals surface area contributed by atoms with Crippen molar-refractivity contribution in [2.45, 2.75) is 13.5 Å². The molecule has 0 radical (unpaired) electrons. The number of aromatic nitrogens is 1. The maximum absolute atomic E-state index is 12.2. The first-order valence-electron chi connectivity index (χ1n) is 9.10. The van der Waals surface area contributed by atoms with Gasteiger partial charge in [0.25, 0.3) is 5.56 Å². The summed E-state index contributed by atoms with van der Waals surface area (Å²) in [6.45, 7) is 2.23. The molecule has 156 valence electrons. The fourth-order valence-corrected chi connectivity index (χ4v) is 3.51. The molecule has 31 heavy (non-hydrogen) atoms. The van der Waals surface area contributed by atoms with Crippen molar-refractivity contribution in [3.05, 3.63) is 73.5 Å². The molecule has 0 saturated carbocycles. The maximum atomic E-state index is 12.2. The molecule has 3 aromatic rings. The van der Waals surface area contributed by atoms with Gasteiger partial charge in [-0.2, -0.15) is 10.5 Å². The molecule has 0 aliphatic heterocycles. The summed E-state index contributed by atoms with van der Waals surface area (Å²) in [6, 6.07) is 13.8. The third-order valence-electron chi connectivity index (χ3n) is 4.43. The summed E-state index contributed by atoms with van der Waals surface area (Å²) in [4.78, 5) is 14.5. The number of aromatic amines is 1. The third kappa shape index (κ3) is 4.44. The fraction of sp³-hybridized carbons (Fsp3) is 0.136. The number of H-pyrrole nitrogens is 1. The largest absolute Gasteiger partial charge is 0.490 e. The quantitative estimate of drug-likeness (QED) is 0.557. The lowest BCUT2D eigenvalue weighted by molar-refractivity contribution is 0.269. The van der Waals surface area contributed by atoms with Crippen LogP contribution in [0, 0.1) is 22.7 Å².